The molecule has 1 atom stereocenters. The van der Waals surface area contributed by atoms with Gasteiger partial charge in [-0.3, -0.25) is 14.8 Å². The zero-order valence-corrected chi connectivity index (χ0v) is 22.8. The molecule has 1 saturated carbocycles. The van der Waals surface area contributed by atoms with E-state index in [-0.39, 0.29) is 11.8 Å². The van der Waals surface area contributed by atoms with Crippen molar-refractivity contribution in [1.82, 2.24) is 15.6 Å². The summed E-state index contributed by atoms with van der Waals surface area (Å²) in [4.78, 5) is 30.3. The number of nitrogens with two attached hydrogens (primary N) is 1. The second-order valence-electron chi connectivity index (χ2n) is 8.70. The number of ether oxygens (including phenoxy) is 1. The molecular weight excluding hydrogens is 474 g/mol. The van der Waals surface area contributed by atoms with E-state index in [1.165, 1.54) is 11.3 Å². The molecule has 0 saturated heterocycles. The van der Waals surface area contributed by atoms with Crippen LogP contribution in [0.25, 0.3) is 5.70 Å². The van der Waals surface area contributed by atoms with Crippen LogP contribution in [0.2, 0.25) is 0 Å². The summed E-state index contributed by atoms with van der Waals surface area (Å²) in [6.45, 7) is 11.7. The normalized spacial score (nSPS) is 16.0. The number of allylic oxidation sites excluding steroid dienone is 1. The first-order valence-electron chi connectivity index (χ1n) is 12.5. The van der Waals surface area contributed by atoms with Gasteiger partial charge in [0.25, 0.3) is 0 Å². The summed E-state index contributed by atoms with van der Waals surface area (Å²) in [7, 11) is 1.58. The van der Waals surface area contributed by atoms with Crippen molar-refractivity contribution in [1.29, 1.82) is 0 Å². The Bertz CT molecular complexity index is 963. The van der Waals surface area contributed by atoms with Crippen LogP contribution in [0.15, 0.2) is 45.3 Å². The van der Waals surface area contributed by atoms with Crippen LogP contribution >= 0.6 is 11.3 Å². The van der Waals surface area contributed by atoms with Gasteiger partial charge in [-0.25, -0.2) is 10.8 Å². The fourth-order valence-corrected chi connectivity index (χ4v) is 4.67. The van der Waals surface area contributed by atoms with Gasteiger partial charge in [-0.15, -0.1) is 11.3 Å². The van der Waals surface area contributed by atoms with Gasteiger partial charge >= 0.3 is 0 Å². The lowest BCUT2D eigenvalue weighted by atomic mass is 9.84. The number of hydrogen-bond donors (Lipinski definition) is 3. The molecule has 36 heavy (non-hydrogen) atoms. The number of aryl methyl sites for hydroxylation is 1. The molecule has 2 rings (SSSR count). The number of methoxy groups -OCH3 is 1. The highest BCUT2D eigenvalue weighted by Crippen LogP contribution is 2.28. The number of nitrogens with one attached hydrogen (secondary N) is 2. The van der Waals surface area contributed by atoms with Gasteiger partial charge in [0.05, 0.1) is 42.9 Å². The average Bonchev–Trinajstić information content (AvgIpc) is 3.27. The molecule has 1 heterocycles. The van der Waals surface area contributed by atoms with Crippen molar-refractivity contribution >= 4 is 41.7 Å². The molecule has 0 spiro atoms. The molecule has 1 aromatic rings. The van der Waals surface area contributed by atoms with Gasteiger partial charge in [-0.2, -0.15) is 0 Å². The van der Waals surface area contributed by atoms with Gasteiger partial charge in [0.1, 0.15) is 5.84 Å². The molecule has 0 radical (unpaired) electrons. The van der Waals surface area contributed by atoms with Crippen LogP contribution < -0.4 is 16.6 Å². The number of aliphatic imine (C=N–C) groups is 3. The zero-order valence-electron chi connectivity index (χ0n) is 22.0. The average molecular weight is 516 g/mol. The van der Waals surface area contributed by atoms with E-state index in [2.05, 4.69) is 51.4 Å². The maximum Gasteiger partial charge on any atom is 0.224 e. The van der Waals surface area contributed by atoms with Gasteiger partial charge in [0.15, 0.2) is 0 Å². The third-order valence-electron chi connectivity index (χ3n) is 5.95. The lowest BCUT2D eigenvalue weighted by Crippen LogP contribution is -2.40. The molecular formula is C26H41N7O2S. The molecule has 1 aliphatic carbocycles. The molecule has 1 aliphatic rings. The maximum absolute atomic E-state index is 12.9. The van der Waals surface area contributed by atoms with Crippen LogP contribution in [0, 0.1) is 18.8 Å². The number of hydrazine groups is 1. The molecule has 0 bridgehead atoms. The largest absolute Gasteiger partial charge is 0.481 e. The van der Waals surface area contributed by atoms with Crippen LogP contribution in [0.5, 0.6) is 0 Å². The van der Waals surface area contributed by atoms with Gasteiger partial charge in [-0.1, -0.05) is 20.3 Å². The van der Waals surface area contributed by atoms with E-state index in [0.717, 1.165) is 35.7 Å². The molecule has 1 unspecified atom stereocenters. The first kappa shape index (κ1) is 29.3. The second-order valence-corrected chi connectivity index (χ2v) is 9.99. The summed E-state index contributed by atoms with van der Waals surface area (Å²) in [5, 5.41) is 2.93. The lowest BCUT2D eigenvalue weighted by Gasteiger charge is -2.29. The van der Waals surface area contributed by atoms with Crippen LogP contribution in [-0.4, -0.2) is 62.9 Å². The topological polar surface area (TPSA) is 117 Å². The third kappa shape index (κ3) is 9.23. The number of amidine groups is 1. The molecule has 1 aromatic heterocycles. The Morgan fingerprint density at radius 2 is 2.19 bits per heavy atom. The quantitative estimate of drug-likeness (QED) is 0.108. The Balaban J connectivity index is 2.10. The van der Waals surface area contributed by atoms with E-state index in [9.17, 15) is 4.79 Å². The van der Waals surface area contributed by atoms with Crippen LogP contribution in [0.1, 0.15) is 49.3 Å². The van der Waals surface area contributed by atoms with E-state index in [1.54, 1.807) is 30.9 Å². The maximum atomic E-state index is 12.9. The standard InChI is InChI=1S/C26H41N7O2S/c1-6-8-24(35-5)29-13-14-31-26(34)19(2)18-33(16-15-30-25(32-27)21-9-7-10-21)22(17-28-4)23-12-11-20(3)36-23/h8,11-13,17,19,21H,4,6-7,9-10,14-16,18,27H2,1-3,5H3,(H,30,32)(H,31,34)/b22-17-,24-8+,29-13-. The molecule has 9 nitrogen and oxygen atoms in total. The molecule has 4 N–H and O–H groups in total. The Kier molecular flexibility index (Phi) is 12.9. The fourth-order valence-electron chi connectivity index (χ4n) is 3.77. The van der Waals surface area contributed by atoms with Gasteiger partial charge in [0, 0.05) is 30.1 Å². The van der Waals surface area contributed by atoms with Gasteiger partial charge < -0.3 is 20.4 Å². The number of nitrogens with zero attached hydrogens (tertiary/aromatic N) is 4. The first-order valence-corrected chi connectivity index (χ1v) is 13.3. The number of carbonyl (C=O) groups excluding carboxylic acids is 1. The Morgan fingerprint density at radius 3 is 2.75 bits per heavy atom. The zero-order chi connectivity index (χ0) is 26.3. The van der Waals surface area contributed by atoms with Crippen molar-refractivity contribution in [3.8, 4) is 0 Å². The van der Waals surface area contributed by atoms with Crippen LogP contribution in [0.4, 0.5) is 0 Å². The van der Waals surface area contributed by atoms with Crippen molar-refractivity contribution in [3.63, 3.8) is 0 Å². The summed E-state index contributed by atoms with van der Waals surface area (Å²) in [5.41, 5.74) is 3.71. The van der Waals surface area contributed by atoms with Gasteiger partial charge in [0.2, 0.25) is 11.8 Å². The van der Waals surface area contributed by atoms with Crippen molar-refractivity contribution in [2.45, 2.75) is 46.5 Å². The van der Waals surface area contributed by atoms with Crippen LogP contribution in [0.3, 0.4) is 0 Å². The van der Waals surface area contributed by atoms with Crippen molar-refractivity contribution in [2.75, 3.05) is 33.3 Å². The smallest absolute Gasteiger partial charge is 0.224 e. The Labute approximate surface area is 219 Å². The summed E-state index contributed by atoms with van der Waals surface area (Å²) < 4.78 is 5.18. The van der Waals surface area contributed by atoms with Crippen LogP contribution in [-0.2, 0) is 9.53 Å². The molecule has 10 heteroatoms. The highest BCUT2D eigenvalue weighted by Gasteiger charge is 2.23. The summed E-state index contributed by atoms with van der Waals surface area (Å²) in [6, 6.07) is 4.16. The minimum absolute atomic E-state index is 0.0551. The molecule has 0 aromatic carbocycles. The summed E-state index contributed by atoms with van der Waals surface area (Å²) in [6.07, 6.45) is 9.56. The first-order chi connectivity index (χ1) is 17.4. The van der Waals surface area contributed by atoms with E-state index in [1.807, 2.05) is 19.9 Å². The molecule has 198 valence electrons. The molecule has 1 amide bonds. The second kappa shape index (κ2) is 15.9. The lowest BCUT2D eigenvalue weighted by molar-refractivity contribution is -0.124. The van der Waals surface area contributed by atoms with Crippen molar-refractivity contribution < 1.29 is 9.53 Å². The Morgan fingerprint density at radius 1 is 1.42 bits per heavy atom. The van der Waals surface area contributed by atoms with Crippen molar-refractivity contribution in [2.24, 2.45) is 32.7 Å². The molecule has 0 aliphatic heterocycles. The highest BCUT2D eigenvalue weighted by molar-refractivity contribution is 7.13. The SMILES string of the molecule is C=N/C=C(/c1ccc(C)s1)N(CCN=C(NN)C1CCC1)CC(C)C(=O)NC/C=N\C(=C/CC)OC. The minimum Gasteiger partial charge on any atom is -0.481 e. The Hall–Kier alpha value is -2.98. The predicted octanol–water partition coefficient (Wildman–Crippen LogP) is 3.74. The molecule has 1 fully saturated rings. The predicted molar refractivity (Wildman–Crippen MR) is 151 cm³/mol. The fraction of sp³-hybridized carbons (Fsp3) is 0.538. The number of amides is 1. The minimum atomic E-state index is -0.275. The summed E-state index contributed by atoms with van der Waals surface area (Å²) >= 11 is 1.69. The summed E-state index contributed by atoms with van der Waals surface area (Å²) in [5.74, 6) is 7.21. The van der Waals surface area contributed by atoms with Gasteiger partial charge in [-0.05, 0) is 51.1 Å². The van der Waals surface area contributed by atoms with E-state index < -0.39 is 0 Å². The van der Waals surface area contributed by atoms with E-state index >= 15 is 0 Å². The van der Waals surface area contributed by atoms with E-state index in [0.29, 0.717) is 38.0 Å². The third-order valence-corrected chi connectivity index (χ3v) is 6.98. The number of rotatable bonds is 15. The monoisotopic (exact) mass is 515 g/mol. The van der Waals surface area contributed by atoms with Crippen molar-refractivity contribution in [3.05, 3.63) is 40.0 Å². The van der Waals surface area contributed by atoms with E-state index in [4.69, 9.17) is 15.6 Å². The number of hydrogen-bond acceptors (Lipinski definition) is 8. The number of carbonyl (C=O) groups is 1. The highest BCUT2D eigenvalue weighted by atomic mass is 32.1. The number of thiophene rings is 1.